The molecule has 2 aliphatic rings. The quantitative estimate of drug-likeness (QED) is 0.800. The van der Waals surface area contributed by atoms with Gasteiger partial charge in [-0.25, -0.2) is 12.8 Å². The Morgan fingerprint density at radius 2 is 2.00 bits per heavy atom. The summed E-state index contributed by atoms with van der Waals surface area (Å²) in [5.41, 5.74) is 0.0830. The number of piperazine rings is 1. The SMILES string of the molecule is CCN1CCN(C(=O)c2cc(F)ccc2Cl)[C@H]2CS(=O)(=O)C[C@H]21. The van der Waals surface area contributed by atoms with Crippen LogP contribution in [0.5, 0.6) is 0 Å². The molecule has 2 saturated heterocycles. The van der Waals surface area contributed by atoms with Gasteiger partial charge in [0.2, 0.25) is 0 Å². The van der Waals surface area contributed by atoms with Crippen molar-refractivity contribution in [1.82, 2.24) is 9.80 Å². The number of likely N-dealkylation sites (N-methyl/N-ethyl adjacent to an activating group) is 1. The number of halogens is 2. The summed E-state index contributed by atoms with van der Waals surface area (Å²) in [4.78, 5) is 16.4. The lowest BCUT2D eigenvalue weighted by Crippen LogP contribution is -2.60. The van der Waals surface area contributed by atoms with Gasteiger partial charge in [-0.2, -0.15) is 0 Å². The van der Waals surface area contributed by atoms with Gasteiger partial charge in [-0.05, 0) is 24.7 Å². The maximum Gasteiger partial charge on any atom is 0.255 e. The van der Waals surface area contributed by atoms with Crippen molar-refractivity contribution in [1.29, 1.82) is 0 Å². The summed E-state index contributed by atoms with van der Waals surface area (Å²) in [6, 6.07) is 3.04. The Morgan fingerprint density at radius 1 is 1.30 bits per heavy atom. The smallest absolute Gasteiger partial charge is 0.255 e. The predicted molar refractivity (Wildman–Crippen MR) is 85.9 cm³/mol. The average Bonchev–Trinajstić information content (AvgIpc) is 2.82. The third kappa shape index (κ3) is 3.09. The minimum Gasteiger partial charge on any atom is -0.332 e. The normalized spacial score (nSPS) is 27.0. The fourth-order valence-electron chi connectivity index (χ4n) is 3.49. The Labute approximate surface area is 139 Å². The molecule has 1 aromatic carbocycles. The Kier molecular flexibility index (Phi) is 4.37. The number of rotatable bonds is 2. The molecule has 23 heavy (non-hydrogen) atoms. The highest BCUT2D eigenvalue weighted by molar-refractivity contribution is 7.91. The van der Waals surface area contributed by atoms with Gasteiger partial charge in [-0.1, -0.05) is 18.5 Å². The van der Waals surface area contributed by atoms with Crippen molar-refractivity contribution >= 4 is 27.3 Å². The first kappa shape index (κ1) is 16.7. The van der Waals surface area contributed by atoms with Gasteiger partial charge >= 0.3 is 0 Å². The molecular formula is C15H18ClFN2O3S. The first-order chi connectivity index (χ1) is 10.8. The lowest BCUT2D eigenvalue weighted by atomic mass is 10.0. The molecule has 0 radical (unpaired) electrons. The molecule has 5 nitrogen and oxygen atoms in total. The van der Waals surface area contributed by atoms with Crippen LogP contribution in [-0.4, -0.2) is 67.3 Å². The molecule has 0 aliphatic carbocycles. The number of carbonyl (C=O) groups excluding carboxylic acids is 1. The maximum atomic E-state index is 13.4. The van der Waals surface area contributed by atoms with Crippen LogP contribution < -0.4 is 0 Å². The van der Waals surface area contributed by atoms with Gasteiger partial charge in [0.15, 0.2) is 9.84 Å². The highest BCUT2D eigenvalue weighted by Crippen LogP contribution is 2.29. The molecule has 8 heteroatoms. The molecule has 0 N–H and O–H groups in total. The number of benzene rings is 1. The molecule has 3 rings (SSSR count). The van der Waals surface area contributed by atoms with Crippen LogP contribution >= 0.6 is 11.6 Å². The van der Waals surface area contributed by atoms with E-state index < -0.39 is 27.6 Å². The van der Waals surface area contributed by atoms with Gasteiger partial charge in [0.25, 0.3) is 5.91 Å². The minimum atomic E-state index is -3.18. The Hall–Kier alpha value is -1.18. The lowest BCUT2D eigenvalue weighted by Gasteiger charge is -2.43. The second-order valence-electron chi connectivity index (χ2n) is 5.96. The van der Waals surface area contributed by atoms with Crippen LogP contribution in [0.4, 0.5) is 4.39 Å². The van der Waals surface area contributed by atoms with E-state index in [2.05, 4.69) is 4.90 Å². The number of amides is 1. The van der Waals surface area contributed by atoms with Crippen molar-refractivity contribution in [2.75, 3.05) is 31.1 Å². The molecule has 2 aliphatic heterocycles. The van der Waals surface area contributed by atoms with Gasteiger partial charge < -0.3 is 4.90 Å². The summed E-state index contributed by atoms with van der Waals surface area (Å²) >= 11 is 6.02. The summed E-state index contributed by atoms with van der Waals surface area (Å²) < 4.78 is 37.5. The van der Waals surface area contributed by atoms with E-state index in [1.54, 1.807) is 4.90 Å². The van der Waals surface area contributed by atoms with Crippen molar-refractivity contribution in [3.8, 4) is 0 Å². The highest BCUT2D eigenvalue weighted by atomic mass is 35.5. The molecule has 0 bridgehead atoms. The van der Waals surface area contributed by atoms with Crippen molar-refractivity contribution < 1.29 is 17.6 Å². The van der Waals surface area contributed by atoms with Crippen molar-refractivity contribution in [3.63, 3.8) is 0 Å². The van der Waals surface area contributed by atoms with E-state index in [0.717, 1.165) is 12.6 Å². The second kappa shape index (κ2) is 6.03. The minimum absolute atomic E-state index is 0.0488. The first-order valence-corrected chi connectivity index (χ1v) is 9.73. The Bertz CT molecular complexity index is 740. The van der Waals surface area contributed by atoms with E-state index in [1.807, 2.05) is 6.92 Å². The second-order valence-corrected chi connectivity index (χ2v) is 8.52. The zero-order valence-corrected chi connectivity index (χ0v) is 14.3. The molecule has 0 unspecified atom stereocenters. The van der Waals surface area contributed by atoms with E-state index in [-0.39, 0.29) is 28.1 Å². The van der Waals surface area contributed by atoms with E-state index in [4.69, 9.17) is 11.6 Å². The number of hydrogen-bond acceptors (Lipinski definition) is 4. The highest BCUT2D eigenvalue weighted by Gasteiger charge is 2.47. The number of hydrogen-bond donors (Lipinski definition) is 0. The zero-order valence-electron chi connectivity index (χ0n) is 12.7. The molecule has 126 valence electrons. The van der Waals surface area contributed by atoms with Gasteiger partial charge in [-0.3, -0.25) is 9.69 Å². The molecule has 0 aromatic heterocycles. The maximum absolute atomic E-state index is 13.4. The third-order valence-electron chi connectivity index (χ3n) is 4.62. The van der Waals surface area contributed by atoms with Crippen LogP contribution in [0.15, 0.2) is 18.2 Å². The summed E-state index contributed by atoms with van der Waals surface area (Å²) in [6.07, 6.45) is 0. The van der Waals surface area contributed by atoms with E-state index in [1.165, 1.54) is 12.1 Å². The molecule has 1 aromatic rings. The number of nitrogens with zero attached hydrogens (tertiary/aromatic N) is 2. The molecule has 0 spiro atoms. The van der Waals surface area contributed by atoms with Crippen LogP contribution in [0.25, 0.3) is 0 Å². The van der Waals surface area contributed by atoms with Crippen LogP contribution in [0.3, 0.4) is 0 Å². The van der Waals surface area contributed by atoms with Crippen LogP contribution in [0, 0.1) is 5.82 Å². The van der Waals surface area contributed by atoms with Crippen molar-refractivity contribution in [3.05, 3.63) is 34.6 Å². The monoisotopic (exact) mass is 360 g/mol. The average molecular weight is 361 g/mol. The van der Waals surface area contributed by atoms with Crippen LogP contribution in [0.1, 0.15) is 17.3 Å². The topological polar surface area (TPSA) is 57.7 Å². The van der Waals surface area contributed by atoms with Gasteiger partial charge in [0.1, 0.15) is 5.82 Å². The number of sulfone groups is 1. The summed E-state index contributed by atoms with van der Waals surface area (Å²) in [5.74, 6) is -0.933. The van der Waals surface area contributed by atoms with Gasteiger partial charge in [-0.15, -0.1) is 0 Å². The van der Waals surface area contributed by atoms with Crippen LogP contribution in [-0.2, 0) is 9.84 Å². The van der Waals surface area contributed by atoms with Gasteiger partial charge in [0.05, 0.1) is 28.1 Å². The zero-order chi connectivity index (χ0) is 16.8. The van der Waals surface area contributed by atoms with E-state index >= 15 is 0 Å². The number of fused-ring (bicyclic) bond motifs is 1. The summed E-state index contributed by atoms with van der Waals surface area (Å²) in [7, 11) is -3.18. The van der Waals surface area contributed by atoms with Crippen molar-refractivity contribution in [2.24, 2.45) is 0 Å². The standard InChI is InChI=1S/C15H18ClFN2O3S/c1-2-18-5-6-19(14-9-23(21,22)8-13(14)18)15(20)11-7-10(17)3-4-12(11)16/h3-4,7,13-14H,2,5-6,8-9H2,1H3/t13-,14+/m1/s1. The summed E-state index contributed by atoms with van der Waals surface area (Å²) in [5, 5.41) is 0.173. The lowest BCUT2D eigenvalue weighted by molar-refractivity contribution is 0.0349. The fourth-order valence-corrected chi connectivity index (χ4v) is 5.70. The molecular weight excluding hydrogens is 343 g/mol. The molecule has 2 atom stereocenters. The predicted octanol–water partition coefficient (Wildman–Crippen LogP) is 1.42. The molecule has 2 heterocycles. The fraction of sp³-hybridized carbons (Fsp3) is 0.533. The molecule has 1 amide bonds. The largest absolute Gasteiger partial charge is 0.332 e. The Morgan fingerprint density at radius 3 is 2.70 bits per heavy atom. The molecule has 2 fully saturated rings. The van der Waals surface area contributed by atoms with Gasteiger partial charge in [0, 0.05) is 19.1 Å². The van der Waals surface area contributed by atoms with Crippen molar-refractivity contribution in [2.45, 2.75) is 19.0 Å². The summed E-state index contributed by atoms with van der Waals surface area (Å²) in [6.45, 7) is 3.73. The van der Waals surface area contributed by atoms with E-state index in [9.17, 15) is 17.6 Å². The van der Waals surface area contributed by atoms with Crippen LogP contribution in [0.2, 0.25) is 5.02 Å². The molecule has 0 saturated carbocycles. The van der Waals surface area contributed by atoms with E-state index in [0.29, 0.717) is 13.1 Å². The third-order valence-corrected chi connectivity index (χ3v) is 6.65. The first-order valence-electron chi connectivity index (χ1n) is 7.53. The number of carbonyl (C=O) groups is 1. The Balaban J connectivity index is 1.93.